The van der Waals surface area contributed by atoms with E-state index in [2.05, 4.69) is 0 Å². The highest BCUT2D eigenvalue weighted by atomic mass is 35.5. The maximum Gasteiger partial charge on any atom is 0.290 e. The third kappa shape index (κ3) is 3.47. The van der Waals surface area contributed by atoms with E-state index in [4.69, 9.17) is 20.8 Å². The number of hydrogen-bond acceptors (Lipinski definition) is 6. The molecule has 1 atom stereocenters. The van der Waals surface area contributed by atoms with Crippen LogP contribution < -0.4 is 5.43 Å². The average Bonchev–Trinajstić information content (AvgIpc) is 3.06. The van der Waals surface area contributed by atoms with Crippen LogP contribution >= 0.6 is 11.6 Å². The number of sulfonamides is 1. The molecule has 8 nitrogen and oxygen atoms in total. The highest BCUT2D eigenvalue weighted by molar-refractivity contribution is 7.89. The van der Waals surface area contributed by atoms with Crippen molar-refractivity contribution in [2.24, 2.45) is 0 Å². The summed E-state index contributed by atoms with van der Waals surface area (Å²) in [4.78, 5) is 27.9. The molecule has 2 aromatic carbocycles. The summed E-state index contributed by atoms with van der Waals surface area (Å²) in [7, 11) is -2.07. The van der Waals surface area contributed by atoms with Crippen molar-refractivity contribution >= 4 is 38.5 Å². The standard InChI is InChI=1S/C23H21ClN2O6S/c1-13-11-18-16(12-17(13)24)21(27)19-20(25(2)23(28)22(19)32-18)14-3-5-15(6-4-14)33(29,30)26-7-9-31-10-8-26/h3-6,11-12,20H,7-10H2,1-2H3. The first-order valence-electron chi connectivity index (χ1n) is 10.4. The van der Waals surface area contributed by atoms with E-state index >= 15 is 0 Å². The summed E-state index contributed by atoms with van der Waals surface area (Å²) in [6.45, 7) is 3.10. The third-order valence-electron chi connectivity index (χ3n) is 6.19. The highest BCUT2D eigenvalue weighted by Crippen LogP contribution is 2.38. The zero-order valence-electron chi connectivity index (χ0n) is 18.0. The molecule has 1 saturated heterocycles. The molecule has 1 amide bonds. The first-order valence-corrected chi connectivity index (χ1v) is 12.2. The number of carbonyl (C=O) groups is 1. The van der Waals surface area contributed by atoms with Gasteiger partial charge in [-0.1, -0.05) is 23.7 Å². The fourth-order valence-corrected chi connectivity index (χ4v) is 5.93. The van der Waals surface area contributed by atoms with Crippen molar-refractivity contribution in [3.05, 3.63) is 74.1 Å². The number of rotatable bonds is 3. The Labute approximate surface area is 195 Å². The van der Waals surface area contributed by atoms with Gasteiger partial charge in [-0.15, -0.1) is 0 Å². The molecule has 10 heteroatoms. The Morgan fingerprint density at radius 3 is 2.39 bits per heavy atom. The van der Waals surface area contributed by atoms with Gasteiger partial charge in [0.2, 0.25) is 15.8 Å². The summed E-state index contributed by atoms with van der Waals surface area (Å²) in [5.74, 6) is -0.418. The maximum atomic E-state index is 13.4. The Morgan fingerprint density at radius 1 is 1.06 bits per heavy atom. The number of carbonyl (C=O) groups excluding carboxylic acids is 1. The SMILES string of the molecule is Cc1cc2oc3c(c(=O)c2cc1Cl)C(c1ccc(S(=O)(=O)N2CCOCC2)cc1)N(C)C3=O. The van der Waals surface area contributed by atoms with E-state index in [9.17, 15) is 18.0 Å². The van der Waals surface area contributed by atoms with E-state index in [0.29, 0.717) is 47.9 Å². The molecule has 3 aromatic rings. The van der Waals surface area contributed by atoms with Crippen LogP contribution in [0.1, 0.15) is 33.3 Å². The van der Waals surface area contributed by atoms with Crippen LogP contribution in [-0.4, -0.2) is 56.9 Å². The van der Waals surface area contributed by atoms with Crippen molar-refractivity contribution < 1.29 is 22.4 Å². The van der Waals surface area contributed by atoms with E-state index < -0.39 is 22.0 Å². The number of aryl methyl sites for hydroxylation is 1. The largest absolute Gasteiger partial charge is 0.450 e. The zero-order valence-corrected chi connectivity index (χ0v) is 19.6. The number of halogens is 1. The van der Waals surface area contributed by atoms with Gasteiger partial charge >= 0.3 is 0 Å². The predicted octanol–water partition coefficient (Wildman–Crippen LogP) is 2.95. The predicted molar refractivity (Wildman–Crippen MR) is 122 cm³/mol. The average molecular weight is 489 g/mol. The van der Waals surface area contributed by atoms with Crippen LogP contribution in [0.5, 0.6) is 0 Å². The number of ether oxygens (including phenoxy) is 1. The lowest BCUT2D eigenvalue weighted by molar-refractivity contribution is 0.0730. The van der Waals surface area contributed by atoms with Crippen LogP contribution in [0.2, 0.25) is 5.02 Å². The number of morpholine rings is 1. The molecule has 2 aliphatic heterocycles. The first kappa shape index (κ1) is 22.1. The number of fused-ring (bicyclic) bond motifs is 2. The molecule has 172 valence electrons. The minimum Gasteiger partial charge on any atom is -0.450 e. The summed E-state index contributed by atoms with van der Waals surface area (Å²) < 4.78 is 38.3. The molecule has 1 aromatic heterocycles. The zero-order chi connectivity index (χ0) is 23.5. The van der Waals surface area contributed by atoms with Gasteiger partial charge in [0.15, 0.2) is 5.43 Å². The van der Waals surface area contributed by atoms with Crippen LogP contribution in [0.25, 0.3) is 11.0 Å². The van der Waals surface area contributed by atoms with Gasteiger partial charge in [0, 0.05) is 25.2 Å². The van der Waals surface area contributed by atoms with E-state index in [-0.39, 0.29) is 21.6 Å². The normalized spacial score (nSPS) is 19.3. The fourth-order valence-electron chi connectivity index (χ4n) is 4.36. The number of hydrogen-bond donors (Lipinski definition) is 0. The van der Waals surface area contributed by atoms with Crippen LogP contribution in [0, 0.1) is 6.92 Å². The highest BCUT2D eigenvalue weighted by Gasteiger charge is 2.41. The molecule has 33 heavy (non-hydrogen) atoms. The van der Waals surface area contributed by atoms with Crippen molar-refractivity contribution in [1.29, 1.82) is 0 Å². The van der Waals surface area contributed by atoms with Crippen LogP contribution in [0.4, 0.5) is 0 Å². The molecular weight excluding hydrogens is 468 g/mol. The van der Waals surface area contributed by atoms with E-state index in [0.717, 1.165) is 5.56 Å². The molecule has 1 fully saturated rings. The second-order valence-corrected chi connectivity index (χ2v) is 10.5. The Hall–Kier alpha value is -2.72. The summed E-state index contributed by atoms with van der Waals surface area (Å²) in [6, 6.07) is 8.75. The smallest absolute Gasteiger partial charge is 0.290 e. The molecular formula is C23H21ClN2O6S. The second-order valence-electron chi connectivity index (χ2n) is 8.18. The molecule has 0 spiro atoms. The summed E-state index contributed by atoms with van der Waals surface area (Å²) in [6.07, 6.45) is 0. The van der Waals surface area contributed by atoms with Gasteiger partial charge in [0.25, 0.3) is 5.91 Å². The minimum absolute atomic E-state index is 0.00765. The van der Waals surface area contributed by atoms with Crippen molar-refractivity contribution in [2.75, 3.05) is 33.4 Å². The molecule has 0 bridgehead atoms. The summed E-state index contributed by atoms with van der Waals surface area (Å²) in [5, 5.41) is 0.727. The van der Waals surface area contributed by atoms with Crippen molar-refractivity contribution in [3.8, 4) is 0 Å². The third-order valence-corrected chi connectivity index (χ3v) is 8.51. The van der Waals surface area contributed by atoms with Gasteiger partial charge in [-0.05, 0) is 42.3 Å². The molecule has 0 radical (unpaired) electrons. The molecule has 3 heterocycles. The van der Waals surface area contributed by atoms with Crippen LogP contribution in [0.15, 0.2) is 50.5 Å². The van der Waals surface area contributed by atoms with Gasteiger partial charge in [0.05, 0.1) is 35.1 Å². The monoisotopic (exact) mass is 488 g/mol. The number of amides is 1. The molecule has 0 N–H and O–H groups in total. The lowest BCUT2D eigenvalue weighted by Crippen LogP contribution is -2.40. The summed E-state index contributed by atoms with van der Waals surface area (Å²) >= 11 is 6.22. The van der Waals surface area contributed by atoms with Crippen molar-refractivity contribution in [1.82, 2.24) is 9.21 Å². The summed E-state index contributed by atoms with van der Waals surface area (Å²) in [5.41, 5.74) is 1.53. The number of nitrogens with zero attached hydrogens (tertiary/aromatic N) is 2. The Bertz CT molecular complexity index is 1440. The lowest BCUT2D eigenvalue weighted by atomic mass is 9.98. The topological polar surface area (TPSA) is 97.1 Å². The van der Waals surface area contributed by atoms with E-state index in [1.54, 1.807) is 38.2 Å². The Morgan fingerprint density at radius 2 is 1.73 bits per heavy atom. The molecule has 5 rings (SSSR count). The first-order chi connectivity index (χ1) is 15.7. The van der Waals surface area contributed by atoms with Crippen LogP contribution in [-0.2, 0) is 14.8 Å². The van der Waals surface area contributed by atoms with E-state index in [1.807, 2.05) is 0 Å². The Balaban J connectivity index is 1.59. The number of benzene rings is 2. The lowest BCUT2D eigenvalue weighted by Gasteiger charge is -2.26. The van der Waals surface area contributed by atoms with Gasteiger partial charge in [0.1, 0.15) is 5.58 Å². The quantitative estimate of drug-likeness (QED) is 0.562. The molecule has 2 aliphatic rings. The minimum atomic E-state index is -3.66. The van der Waals surface area contributed by atoms with Crippen molar-refractivity contribution in [3.63, 3.8) is 0 Å². The molecule has 0 saturated carbocycles. The Kier molecular flexibility index (Phi) is 5.32. The van der Waals surface area contributed by atoms with Crippen molar-refractivity contribution in [2.45, 2.75) is 17.9 Å². The molecule has 0 aliphatic carbocycles. The molecule has 1 unspecified atom stereocenters. The van der Waals surface area contributed by atoms with Gasteiger partial charge < -0.3 is 14.1 Å². The second kappa shape index (κ2) is 7.95. The van der Waals surface area contributed by atoms with Gasteiger partial charge in [-0.2, -0.15) is 4.31 Å². The fraction of sp³-hybridized carbons (Fsp3) is 0.304. The van der Waals surface area contributed by atoms with Gasteiger partial charge in [-0.25, -0.2) is 8.42 Å². The van der Waals surface area contributed by atoms with E-state index in [1.165, 1.54) is 21.3 Å². The van der Waals surface area contributed by atoms with Crippen LogP contribution in [0.3, 0.4) is 0 Å². The van der Waals surface area contributed by atoms with Gasteiger partial charge in [-0.3, -0.25) is 9.59 Å². The maximum absolute atomic E-state index is 13.4.